The van der Waals surface area contributed by atoms with Gasteiger partial charge in [-0.3, -0.25) is 4.79 Å². The Bertz CT molecular complexity index is 662. The SMILES string of the molecule is COc1cc(C(=O)OCC(=O)N2CCCCC2C)cc(Cl)c1OC(C)C. The topological polar surface area (TPSA) is 65.1 Å². The molecule has 0 aliphatic carbocycles. The van der Waals surface area contributed by atoms with E-state index in [4.69, 9.17) is 25.8 Å². The van der Waals surface area contributed by atoms with E-state index in [0.717, 1.165) is 19.3 Å². The number of amides is 1. The molecule has 0 N–H and O–H groups in total. The largest absolute Gasteiger partial charge is 0.493 e. The first-order chi connectivity index (χ1) is 12.3. The summed E-state index contributed by atoms with van der Waals surface area (Å²) in [5.74, 6) is -0.0873. The second kappa shape index (κ2) is 9.12. The minimum Gasteiger partial charge on any atom is -0.493 e. The molecule has 1 aliphatic heterocycles. The Morgan fingerprint density at radius 1 is 1.31 bits per heavy atom. The summed E-state index contributed by atoms with van der Waals surface area (Å²) in [7, 11) is 1.47. The first-order valence-corrected chi connectivity index (χ1v) is 9.22. The third-order valence-corrected chi connectivity index (χ3v) is 4.55. The van der Waals surface area contributed by atoms with Gasteiger partial charge >= 0.3 is 5.97 Å². The molecule has 1 aromatic carbocycles. The summed E-state index contributed by atoms with van der Waals surface area (Å²) in [5, 5.41) is 0.251. The predicted octanol–water partition coefficient (Wildman–Crippen LogP) is 3.69. The third kappa shape index (κ3) is 5.04. The van der Waals surface area contributed by atoms with E-state index in [9.17, 15) is 9.59 Å². The van der Waals surface area contributed by atoms with Gasteiger partial charge < -0.3 is 19.1 Å². The second-order valence-corrected chi connectivity index (χ2v) is 7.07. The number of carbonyl (C=O) groups is 2. The van der Waals surface area contributed by atoms with Crippen molar-refractivity contribution in [3.8, 4) is 11.5 Å². The highest BCUT2D eigenvalue weighted by molar-refractivity contribution is 6.32. The number of hydrogen-bond acceptors (Lipinski definition) is 5. The van der Waals surface area contributed by atoms with E-state index in [1.165, 1.54) is 19.2 Å². The summed E-state index contributed by atoms with van der Waals surface area (Å²) in [6, 6.07) is 3.13. The molecule has 1 saturated heterocycles. The molecule has 144 valence electrons. The molecule has 0 saturated carbocycles. The molecule has 0 aromatic heterocycles. The van der Waals surface area contributed by atoms with Gasteiger partial charge in [0.05, 0.1) is 23.8 Å². The molecule has 1 fully saturated rings. The van der Waals surface area contributed by atoms with Crippen LogP contribution >= 0.6 is 11.6 Å². The highest BCUT2D eigenvalue weighted by Crippen LogP contribution is 2.37. The number of benzene rings is 1. The fourth-order valence-corrected chi connectivity index (χ4v) is 3.21. The van der Waals surface area contributed by atoms with Gasteiger partial charge in [-0.15, -0.1) is 0 Å². The molecule has 0 bridgehead atoms. The van der Waals surface area contributed by atoms with Crippen LogP contribution in [0.2, 0.25) is 5.02 Å². The van der Waals surface area contributed by atoms with Gasteiger partial charge in [0.15, 0.2) is 18.1 Å². The van der Waals surface area contributed by atoms with Crippen LogP contribution in [-0.2, 0) is 9.53 Å². The van der Waals surface area contributed by atoms with Gasteiger partial charge in [-0.05, 0) is 52.2 Å². The molecule has 1 aliphatic rings. The van der Waals surface area contributed by atoms with Gasteiger partial charge in [-0.25, -0.2) is 4.79 Å². The normalized spacial score (nSPS) is 17.2. The lowest BCUT2D eigenvalue weighted by Gasteiger charge is -2.33. The molecule has 7 heteroatoms. The summed E-state index contributed by atoms with van der Waals surface area (Å²) in [6.07, 6.45) is 2.98. The van der Waals surface area contributed by atoms with Crippen LogP contribution in [0.4, 0.5) is 0 Å². The number of ether oxygens (including phenoxy) is 3. The lowest BCUT2D eigenvalue weighted by molar-refractivity contribution is -0.137. The van der Waals surface area contributed by atoms with Gasteiger partial charge in [-0.2, -0.15) is 0 Å². The van der Waals surface area contributed by atoms with Gasteiger partial charge in [0.2, 0.25) is 0 Å². The Balaban J connectivity index is 2.05. The Kier molecular flexibility index (Phi) is 7.14. The summed E-state index contributed by atoms with van der Waals surface area (Å²) >= 11 is 6.22. The van der Waals surface area contributed by atoms with E-state index in [0.29, 0.717) is 18.0 Å². The maximum Gasteiger partial charge on any atom is 0.338 e. The molecule has 1 heterocycles. The van der Waals surface area contributed by atoms with Crippen LogP contribution in [0.3, 0.4) is 0 Å². The van der Waals surface area contributed by atoms with Crippen molar-refractivity contribution in [1.82, 2.24) is 4.90 Å². The lowest BCUT2D eigenvalue weighted by Crippen LogP contribution is -2.44. The average molecular weight is 384 g/mol. The van der Waals surface area contributed by atoms with Crippen molar-refractivity contribution in [2.75, 3.05) is 20.3 Å². The number of esters is 1. The van der Waals surface area contributed by atoms with Crippen LogP contribution < -0.4 is 9.47 Å². The number of likely N-dealkylation sites (tertiary alicyclic amines) is 1. The lowest BCUT2D eigenvalue weighted by atomic mass is 10.0. The Morgan fingerprint density at radius 2 is 2.04 bits per heavy atom. The molecule has 1 atom stereocenters. The van der Waals surface area contributed by atoms with E-state index < -0.39 is 5.97 Å². The van der Waals surface area contributed by atoms with Gasteiger partial charge in [0.1, 0.15) is 0 Å². The Hall–Kier alpha value is -1.95. The fraction of sp³-hybridized carbons (Fsp3) is 0.579. The van der Waals surface area contributed by atoms with E-state index >= 15 is 0 Å². The molecule has 2 rings (SSSR count). The number of nitrogens with zero attached hydrogens (tertiary/aromatic N) is 1. The average Bonchev–Trinajstić information content (AvgIpc) is 2.60. The maximum absolute atomic E-state index is 12.3. The quantitative estimate of drug-likeness (QED) is 0.701. The van der Waals surface area contributed by atoms with E-state index in [-0.39, 0.29) is 35.2 Å². The van der Waals surface area contributed by atoms with Crippen LogP contribution in [0.5, 0.6) is 11.5 Å². The summed E-state index contributed by atoms with van der Waals surface area (Å²) in [4.78, 5) is 26.4. The molecule has 1 aromatic rings. The standard InChI is InChI=1S/C19H26ClNO5/c1-12(2)26-18-15(20)9-14(10-16(18)24-4)19(23)25-11-17(22)21-8-6-5-7-13(21)3/h9-10,12-13H,5-8,11H2,1-4H3. The van der Waals surface area contributed by atoms with Crippen LogP contribution in [0.15, 0.2) is 12.1 Å². The number of methoxy groups -OCH3 is 1. The minimum atomic E-state index is -0.626. The van der Waals surface area contributed by atoms with Crippen LogP contribution in [0.1, 0.15) is 50.4 Å². The molecule has 0 radical (unpaired) electrons. The van der Waals surface area contributed by atoms with Crippen molar-refractivity contribution in [3.05, 3.63) is 22.7 Å². The number of halogens is 1. The highest BCUT2D eigenvalue weighted by Gasteiger charge is 2.24. The van der Waals surface area contributed by atoms with Crippen molar-refractivity contribution < 1.29 is 23.8 Å². The molecule has 0 spiro atoms. The number of carbonyl (C=O) groups excluding carboxylic acids is 2. The number of hydrogen-bond donors (Lipinski definition) is 0. The Labute approximate surface area is 159 Å². The van der Waals surface area contributed by atoms with Crippen LogP contribution in [0.25, 0.3) is 0 Å². The van der Waals surface area contributed by atoms with Crippen LogP contribution in [0, 0.1) is 0 Å². The van der Waals surface area contributed by atoms with Crippen molar-refractivity contribution in [3.63, 3.8) is 0 Å². The smallest absolute Gasteiger partial charge is 0.338 e. The third-order valence-electron chi connectivity index (χ3n) is 4.27. The van der Waals surface area contributed by atoms with Crippen molar-refractivity contribution in [1.29, 1.82) is 0 Å². The van der Waals surface area contributed by atoms with Crippen molar-refractivity contribution in [2.45, 2.75) is 52.2 Å². The zero-order chi connectivity index (χ0) is 19.3. The molecular weight excluding hydrogens is 358 g/mol. The summed E-state index contributed by atoms with van der Waals surface area (Å²) in [5.41, 5.74) is 0.211. The van der Waals surface area contributed by atoms with E-state index in [1.54, 1.807) is 4.90 Å². The van der Waals surface area contributed by atoms with E-state index in [1.807, 2.05) is 20.8 Å². The Morgan fingerprint density at radius 3 is 2.65 bits per heavy atom. The highest BCUT2D eigenvalue weighted by atomic mass is 35.5. The first-order valence-electron chi connectivity index (χ1n) is 8.84. The summed E-state index contributed by atoms with van der Waals surface area (Å²) in [6.45, 7) is 6.17. The zero-order valence-corrected chi connectivity index (χ0v) is 16.5. The molecular formula is C19H26ClNO5. The molecule has 1 amide bonds. The number of piperidine rings is 1. The van der Waals surface area contributed by atoms with Crippen molar-refractivity contribution in [2.24, 2.45) is 0 Å². The zero-order valence-electron chi connectivity index (χ0n) is 15.7. The van der Waals surface area contributed by atoms with Gasteiger partial charge in [0.25, 0.3) is 5.91 Å². The van der Waals surface area contributed by atoms with Gasteiger partial charge in [0, 0.05) is 12.6 Å². The second-order valence-electron chi connectivity index (χ2n) is 6.66. The maximum atomic E-state index is 12.3. The molecule has 6 nitrogen and oxygen atoms in total. The minimum absolute atomic E-state index is 0.0941. The fourth-order valence-electron chi connectivity index (χ4n) is 2.95. The van der Waals surface area contributed by atoms with Gasteiger partial charge in [-0.1, -0.05) is 11.6 Å². The molecule has 1 unspecified atom stereocenters. The van der Waals surface area contributed by atoms with Crippen LogP contribution in [-0.4, -0.2) is 49.2 Å². The predicted molar refractivity (Wildman–Crippen MR) is 99.1 cm³/mol. The van der Waals surface area contributed by atoms with E-state index in [2.05, 4.69) is 0 Å². The molecule has 26 heavy (non-hydrogen) atoms. The summed E-state index contributed by atoms with van der Waals surface area (Å²) < 4.78 is 16.1. The van der Waals surface area contributed by atoms with Crippen molar-refractivity contribution >= 4 is 23.5 Å². The monoisotopic (exact) mass is 383 g/mol. The number of rotatable bonds is 6. The first kappa shape index (κ1) is 20.4.